The van der Waals surface area contributed by atoms with Crippen molar-refractivity contribution in [3.05, 3.63) is 39.9 Å². The van der Waals surface area contributed by atoms with E-state index in [1.807, 2.05) is 0 Å². The maximum Gasteiger partial charge on any atom is 0.329 e. The summed E-state index contributed by atoms with van der Waals surface area (Å²) in [4.78, 5) is 46.5. The van der Waals surface area contributed by atoms with Gasteiger partial charge >= 0.3 is 11.9 Å². The van der Waals surface area contributed by atoms with Crippen LogP contribution in [0.15, 0.2) is 24.3 Å². The van der Waals surface area contributed by atoms with Gasteiger partial charge in [0.1, 0.15) is 6.04 Å². The Labute approximate surface area is 149 Å². The number of esters is 2. The first-order chi connectivity index (χ1) is 12.4. The highest BCUT2D eigenvalue weighted by Crippen LogP contribution is 2.31. The molecule has 1 aliphatic carbocycles. The van der Waals surface area contributed by atoms with Gasteiger partial charge < -0.3 is 14.8 Å². The van der Waals surface area contributed by atoms with E-state index in [0.29, 0.717) is 5.56 Å². The fourth-order valence-electron chi connectivity index (χ4n) is 2.60. The summed E-state index contributed by atoms with van der Waals surface area (Å²) in [6.45, 7) is 0. The van der Waals surface area contributed by atoms with Crippen molar-refractivity contribution >= 4 is 23.5 Å². The van der Waals surface area contributed by atoms with Gasteiger partial charge in [0.25, 0.3) is 5.69 Å². The number of nitrogens with zero attached hydrogens (tertiary/aromatic N) is 1. The van der Waals surface area contributed by atoms with Crippen LogP contribution in [0.2, 0.25) is 0 Å². The van der Waals surface area contributed by atoms with Gasteiger partial charge in [-0.2, -0.15) is 0 Å². The zero-order valence-corrected chi connectivity index (χ0v) is 14.5. The Hall–Kier alpha value is -2.97. The van der Waals surface area contributed by atoms with Gasteiger partial charge in [0, 0.05) is 24.0 Å². The van der Waals surface area contributed by atoms with Crippen LogP contribution in [-0.2, 0) is 23.9 Å². The summed E-state index contributed by atoms with van der Waals surface area (Å²) in [5.41, 5.74) is 0.356. The fraction of sp³-hybridized carbons (Fsp3) is 0.471. The van der Waals surface area contributed by atoms with Gasteiger partial charge in [-0.3, -0.25) is 19.7 Å². The van der Waals surface area contributed by atoms with Crippen LogP contribution in [-0.4, -0.2) is 43.0 Å². The Morgan fingerprint density at radius 2 is 1.81 bits per heavy atom. The second-order valence-electron chi connectivity index (χ2n) is 6.02. The molecule has 1 amide bonds. The standard InChI is InChI=1S/C17H20N2O7/c1-25-14(20)9-13(10-5-7-12(8-6-10)19(23)24)15(17(22)26-2)18-16(21)11-3-4-11/h5-8,11,13,15H,3-4,9H2,1-2H3,(H,18,21)/t13-,15+/m0/s1. The van der Waals surface area contributed by atoms with Crippen molar-refractivity contribution in [2.24, 2.45) is 5.92 Å². The molecule has 1 saturated carbocycles. The summed E-state index contributed by atoms with van der Waals surface area (Å²) in [5, 5.41) is 13.5. The zero-order chi connectivity index (χ0) is 19.3. The Bertz CT molecular complexity index is 698. The average molecular weight is 364 g/mol. The Kier molecular flexibility index (Phi) is 6.26. The molecule has 0 radical (unpaired) electrons. The molecule has 2 rings (SSSR count). The molecule has 1 aliphatic rings. The SMILES string of the molecule is COC(=O)C[C@@H](c1ccc([N+](=O)[O-])cc1)[C@@H](NC(=O)C1CC1)C(=O)OC. The number of nitro groups is 1. The lowest BCUT2D eigenvalue weighted by Crippen LogP contribution is -2.46. The van der Waals surface area contributed by atoms with Gasteiger partial charge in [0.15, 0.2) is 0 Å². The first-order valence-electron chi connectivity index (χ1n) is 8.06. The second kappa shape index (κ2) is 8.41. The van der Waals surface area contributed by atoms with Gasteiger partial charge in [0.05, 0.1) is 25.6 Å². The number of benzene rings is 1. The number of nitro benzene ring substituents is 1. The van der Waals surface area contributed by atoms with E-state index in [0.717, 1.165) is 12.8 Å². The summed E-state index contributed by atoms with van der Waals surface area (Å²) in [5.74, 6) is -2.48. The van der Waals surface area contributed by atoms with E-state index in [4.69, 9.17) is 4.74 Å². The topological polar surface area (TPSA) is 125 Å². The average Bonchev–Trinajstić information content (AvgIpc) is 3.48. The molecule has 0 spiro atoms. The molecule has 0 heterocycles. The maximum absolute atomic E-state index is 12.3. The third kappa shape index (κ3) is 4.78. The number of methoxy groups -OCH3 is 2. The molecule has 0 aliphatic heterocycles. The van der Waals surface area contributed by atoms with Gasteiger partial charge in [-0.05, 0) is 18.4 Å². The molecule has 1 N–H and O–H groups in total. The molecule has 0 unspecified atom stereocenters. The van der Waals surface area contributed by atoms with E-state index in [1.165, 1.54) is 38.5 Å². The molecule has 9 heteroatoms. The second-order valence-corrected chi connectivity index (χ2v) is 6.02. The highest BCUT2D eigenvalue weighted by molar-refractivity contribution is 5.88. The molecule has 1 aromatic rings. The van der Waals surface area contributed by atoms with E-state index < -0.39 is 28.8 Å². The predicted molar refractivity (Wildman–Crippen MR) is 89.1 cm³/mol. The molecular formula is C17H20N2O7. The Morgan fingerprint density at radius 1 is 1.19 bits per heavy atom. The molecule has 2 atom stereocenters. The zero-order valence-electron chi connectivity index (χ0n) is 14.5. The van der Waals surface area contributed by atoms with Crippen LogP contribution >= 0.6 is 0 Å². The Morgan fingerprint density at radius 3 is 2.27 bits per heavy atom. The molecular weight excluding hydrogens is 344 g/mol. The van der Waals surface area contributed by atoms with Crippen LogP contribution in [0, 0.1) is 16.0 Å². The van der Waals surface area contributed by atoms with E-state index in [9.17, 15) is 24.5 Å². The van der Waals surface area contributed by atoms with Crippen molar-refractivity contribution in [1.82, 2.24) is 5.32 Å². The smallest absolute Gasteiger partial charge is 0.329 e. The normalized spacial score (nSPS) is 15.5. The summed E-state index contributed by atoms with van der Waals surface area (Å²) in [6, 6.07) is 4.34. The van der Waals surface area contributed by atoms with E-state index in [2.05, 4.69) is 10.1 Å². The molecule has 9 nitrogen and oxygen atoms in total. The third-order valence-electron chi connectivity index (χ3n) is 4.25. The number of nitrogens with one attached hydrogen (secondary N) is 1. The highest BCUT2D eigenvalue weighted by Gasteiger charge is 2.38. The minimum Gasteiger partial charge on any atom is -0.469 e. The quantitative estimate of drug-likeness (QED) is 0.419. The minimum atomic E-state index is -1.10. The molecule has 0 bridgehead atoms. The van der Waals surface area contributed by atoms with Gasteiger partial charge in [-0.1, -0.05) is 12.1 Å². The minimum absolute atomic E-state index is 0.123. The lowest BCUT2D eigenvalue weighted by atomic mass is 9.88. The molecule has 140 valence electrons. The maximum atomic E-state index is 12.3. The highest BCUT2D eigenvalue weighted by atomic mass is 16.6. The number of hydrogen-bond donors (Lipinski definition) is 1. The first kappa shape index (κ1) is 19.4. The fourth-order valence-corrected chi connectivity index (χ4v) is 2.60. The predicted octanol–water partition coefficient (Wildman–Crippen LogP) is 1.31. The van der Waals surface area contributed by atoms with Crippen molar-refractivity contribution in [2.45, 2.75) is 31.2 Å². The number of carbonyl (C=O) groups excluding carboxylic acids is 3. The van der Waals surface area contributed by atoms with Crippen molar-refractivity contribution < 1.29 is 28.8 Å². The molecule has 26 heavy (non-hydrogen) atoms. The summed E-state index contributed by atoms with van der Waals surface area (Å²) in [6.07, 6.45) is 1.30. The molecule has 0 saturated heterocycles. The monoisotopic (exact) mass is 364 g/mol. The number of amides is 1. The number of ether oxygens (including phenoxy) is 2. The first-order valence-corrected chi connectivity index (χ1v) is 8.06. The summed E-state index contributed by atoms with van der Waals surface area (Å²) >= 11 is 0. The summed E-state index contributed by atoms with van der Waals surface area (Å²) < 4.78 is 9.46. The number of hydrogen-bond acceptors (Lipinski definition) is 7. The van der Waals surface area contributed by atoms with Crippen molar-refractivity contribution in [2.75, 3.05) is 14.2 Å². The third-order valence-corrected chi connectivity index (χ3v) is 4.25. The van der Waals surface area contributed by atoms with Crippen molar-refractivity contribution in [3.63, 3.8) is 0 Å². The van der Waals surface area contributed by atoms with Gasteiger partial charge in [-0.15, -0.1) is 0 Å². The summed E-state index contributed by atoms with van der Waals surface area (Å²) in [7, 11) is 2.40. The van der Waals surface area contributed by atoms with Crippen LogP contribution < -0.4 is 5.32 Å². The molecule has 0 aromatic heterocycles. The van der Waals surface area contributed by atoms with Gasteiger partial charge in [0.2, 0.25) is 5.91 Å². The lowest BCUT2D eigenvalue weighted by molar-refractivity contribution is -0.384. The van der Waals surface area contributed by atoms with Crippen LogP contribution in [0.25, 0.3) is 0 Å². The number of non-ortho nitro benzene ring substituents is 1. The van der Waals surface area contributed by atoms with Gasteiger partial charge in [-0.25, -0.2) is 4.79 Å². The van der Waals surface area contributed by atoms with Crippen molar-refractivity contribution in [1.29, 1.82) is 0 Å². The van der Waals surface area contributed by atoms with E-state index >= 15 is 0 Å². The van der Waals surface area contributed by atoms with Crippen LogP contribution in [0.5, 0.6) is 0 Å². The molecule has 1 aromatic carbocycles. The lowest BCUT2D eigenvalue weighted by Gasteiger charge is -2.25. The van der Waals surface area contributed by atoms with Crippen LogP contribution in [0.4, 0.5) is 5.69 Å². The number of carbonyl (C=O) groups is 3. The Balaban J connectivity index is 2.34. The van der Waals surface area contributed by atoms with E-state index in [1.54, 1.807) is 0 Å². The van der Waals surface area contributed by atoms with Crippen molar-refractivity contribution in [3.8, 4) is 0 Å². The van der Waals surface area contributed by atoms with Crippen LogP contribution in [0.1, 0.15) is 30.7 Å². The molecule has 1 fully saturated rings. The number of rotatable bonds is 8. The van der Waals surface area contributed by atoms with Crippen LogP contribution in [0.3, 0.4) is 0 Å². The largest absolute Gasteiger partial charge is 0.469 e. The van der Waals surface area contributed by atoms with E-state index in [-0.39, 0.29) is 23.9 Å².